The van der Waals surface area contributed by atoms with Crippen molar-refractivity contribution in [1.29, 1.82) is 0 Å². The van der Waals surface area contributed by atoms with Gasteiger partial charge in [0.15, 0.2) is 6.61 Å². The number of carbonyl (C=O) groups excluding carboxylic acids is 2. The second-order valence-corrected chi connectivity index (χ2v) is 9.16. The largest absolute Gasteiger partial charge is 0.455 e. The third-order valence-electron chi connectivity index (χ3n) is 5.87. The second-order valence-electron chi connectivity index (χ2n) is 8.18. The smallest absolute Gasteiger partial charge is 0.311 e. The molecule has 0 N–H and O–H groups in total. The van der Waals surface area contributed by atoms with Gasteiger partial charge in [-0.05, 0) is 49.1 Å². The molecule has 0 radical (unpaired) electrons. The highest BCUT2D eigenvalue weighted by atomic mass is 32.1. The van der Waals surface area contributed by atoms with E-state index in [1.54, 1.807) is 4.90 Å². The quantitative estimate of drug-likeness (QED) is 0.352. The van der Waals surface area contributed by atoms with Crippen LogP contribution in [0.1, 0.15) is 35.2 Å². The molecule has 2 aromatic carbocycles. The number of ether oxygens (including phenoxy) is 1. The van der Waals surface area contributed by atoms with Gasteiger partial charge in [-0.3, -0.25) is 9.59 Å². The van der Waals surface area contributed by atoms with Gasteiger partial charge in [0.1, 0.15) is 0 Å². The van der Waals surface area contributed by atoms with Gasteiger partial charge >= 0.3 is 5.97 Å². The zero-order chi connectivity index (χ0) is 23.5. The van der Waals surface area contributed by atoms with E-state index in [4.69, 9.17) is 9.15 Å². The Morgan fingerprint density at radius 2 is 1.88 bits per heavy atom. The predicted octanol–water partition coefficient (Wildman–Crippen LogP) is 5.33. The standard InChI is InChI=1S/C26H23N3O4S/c1-17-9-11-19(12-10-17)29-23(30)14-13-20(24(29)21-8-5-15-34-21)26(31)32-16-22-27-28-25(33-22)18-6-3-2-4-7-18/h2-12,15,20,24H,13-14,16H2,1H3/t20-,24-/m1/s1. The zero-order valence-corrected chi connectivity index (χ0v) is 19.4. The van der Waals surface area contributed by atoms with Crippen molar-refractivity contribution in [3.8, 4) is 11.5 Å². The van der Waals surface area contributed by atoms with Crippen molar-refractivity contribution in [3.63, 3.8) is 0 Å². The van der Waals surface area contributed by atoms with Gasteiger partial charge in [0.25, 0.3) is 5.89 Å². The Morgan fingerprint density at radius 3 is 2.62 bits per heavy atom. The van der Waals surface area contributed by atoms with E-state index in [0.29, 0.717) is 12.3 Å². The van der Waals surface area contributed by atoms with E-state index in [2.05, 4.69) is 10.2 Å². The number of aromatic nitrogens is 2. The van der Waals surface area contributed by atoms with E-state index in [9.17, 15) is 9.59 Å². The van der Waals surface area contributed by atoms with Crippen LogP contribution in [0.2, 0.25) is 0 Å². The molecule has 7 nitrogen and oxygen atoms in total. The molecule has 5 rings (SSSR count). The normalized spacial score (nSPS) is 18.1. The molecule has 0 aliphatic carbocycles. The summed E-state index contributed by atoms with van der Waals surface area (Å²) in [4.78, 5) is 28.9. The summed E-state index contributed by atoms with van der Waals surface area (Å²) in [6.45, 7) is 1.88. The summed E-state index contributed by atoms with van der Waals surface area (Å²) >= 11 is 1.53. The van der Waals surface area contributed by atoms with Crippen molar-refractivity contribution in [2.45, 2.75) is 32.4 Å². The maximum atomic E-state index is 13.2. The number of amides is 1. The number of benzene rings is 2. The van der Waals surface area contributed by atoms with E-state index in [1.165, 1.54) is 11.3 Å². The minimum Gasteiger partial charge on any atom is -0.455 e. The van der Waals surface area contributed by atoms with Gasteiger partial charge in [-0.25, -0.2) is 0 Å². The molecular formula is C26H23N3O4S. The molecule has 1 aliphatic rings. The maximum Gasteiger partial charge on any atom is 0.311 e. The molecule has 2 aromatic heterocycles. The molecule has 0 bridgehead atoms. The fraction of sp³-hybridized carbons (Fsp3) is 0.231. The summed E-state index contributed by atoms with van der Waals surface area (Å²) in [7, 11) is 0. The van der Waals surface area contributed by atoms with Crippen LogP contribution in [0.25, 0.3) is 11.5 Å². The van der Waals surface area contributed by atoms with Crippen molar-refractivity contribution in [1.82, 2.24) is 10.2 Å². The van der Waals surface area contributed by atoms with Crippen LogP contribution in [0.5, 0.6) is 0 Å². The maximum absolute atomic E-state index is 13.2. The van der Waals surface area contributed by atoms with Crippen LogP contribution < -0.4 is 4.90 Å². The molecule has 1 aliphatic heterocycles. The molecule has 172 valence electrons. The van der Waals surface area contributed by atoms with Gasteiger partial charge in [0.2, 0.25) is 11.8 Å². The van der Waals surface area contributed by atoms with Crippen LogP contribution in [-0.2, 0) is 20.9 Å². The number of anilines is 1. The number of esters is 1. The number of thiophene rings is 1. The summed E-state index contributed by atoms with van der Waals surface area (Å²) in [5, 5.41) is 10.00. The Morgan fingerprint density at radius 1 is 1.09 bits per heavy atom. The summed E-state index contributed by atoms with van der Waals surface area (Å²) in [6.07, 6.45) is 0.690. The van der Waals surface area contributed by atoms with Crippen LogP contribution >= 0.6 is 11.3 Å². The highest BCUT2D eigenvalue weighted by Crippen LogP contribution is 2.42. The summed E-state index contributed by atoms with van der Waals surface area (Å²) < 4.78 is 11.3. The van der Waals surface area contributed by atoms with Crippen molar-refractivity contribution in [2.24, 2.45) is 5.92 Å². The van der Waals surface area contributed by atoms with E-state index in [1.807, 2.05) is 79.0 Å². The minimum absolute atomic E-state index is 0.00397. The molecule has 1 saturated heterocycles. The zero-order valence-electron chi connectivity index (χ0n) is 18.6. The number of piperidine rings is 1. The number of hydrogen-bond acceptors (Lipinski definition) is 7. The lowest BCUT2D eigenvalue weighted by molar-refractivity contribution is -0.152. The number of rotatable bonds is 6. The van der Waals surface area contributed by atoms with E-state index < -0.39 is 12.0 Å². The molecule has 34 heavy (non-hydrogen) atoms. The lowest BCUT2D eigenvalue weighted by Gasteiger charge is -2.39. The molecule has 3 heterocycles. The molecule has 0 saturated carbocycles. The average molecular weight is 474 g/mol. The molecule has 0 unspecified atom stereocenters. The SMILES string of the molecule is Cc1ccc(N2C(=O)CC[C@@H](C(=O)OCc3nnc(-c4ccccc4)o3)[C@@H]2c2cccs2)cc1. The van der Waals surface area contributed by atoms with Crippen molar-refractivity contribution in [3.05, 3.63) is 88.4 Å². The van der Waals surface area contributed by atoms with Gasteiger partial charge in [0.05, 0.1) is 12.0 Å². The summed E-state index contributed by atoms with van der Waals surface area (Å²) in [5.74, 6) is -0.300. The highest BCUT2D eigenvalue weighted by Gasteiger charge is 2.43. The average Bonchev–Trinajstić information content (AvgIpc) is 3.56. The Kier molecular flexibility index (Phi) is 6.22. The van der Waals surface area contributed by atoms with Gasteiger partial charge in [-0.15, -0.1) is 21.5 Å². The first kappa shape index (κ1) is 22.0. The van der Waals surface area contributed by atoms with Crippen LogP contribution in [0.4, 0.5) is 5.69 Å². The van der Waals surface area contributed by atoms with Crippen LogP contribution in [0.3, 0.4) is 0 Å². The number of nitrogens with zero attached hydrogens (tertiary/aromatic N) is 3. The number of hydrogen-bond donors (Lipinski definition) is 0. The predicted molar refractivity (Wildman–Crippen MR) is 128 cm³/mol. The van der Waals surface area contributed by atoms with Crippen LogP contribution in [0, 0.1) is 12.8 Å². The Hall–Kier alpha value is -3.78. The lowest BCUT2D eigenvalue weighted by atomic mass is 9.87. The molecule has 1 fully saturated rings. The van der Waals surface area contributed by atoms with Gasteiger partial charge in [0, 0.05) is 22.5 Å². The van der Waals surface area contributed by atoms with Gasteiger partial charge < -0.3 is 14.1 Å². The third kappa shape index (κ3) is 4.49. The lowest BCUT2D eigenvalue weighted by Crippen LogP contribution is -2.45. The highest BCUT2D eigenvalue weighted by molar-refractivity contribution is 7.10. The van der Waals surface area contributed by atoms with Crippen LogP contribution in [-0.4, -0.2) is 22.1 Å². The molecule has 2 atom stereocenters. The van der Waals surface area contributed by atoms with Gasteiger partial charge in [-0.1, -0.05) is 42.0 Å². The first-order valence-corrected chi connectivity index (χ1v) is 11.9. The van der Waals surface area contributed by atoms with E-state index in [-0.39, 0.29) is 30.8 Å². The topological polar surface area (TPSA) is 85.5 Å². The molecule has 4 aromatic rings. The Labute approximate surface area is 201 Å². The number of carbonyl (C=O) groups is 2. The van der Waals surface area contributed by atoms with Crippen molar-refractivity contribution in [2.75, 3.05) is 4.90 Å². The fourth-order valence-electron chi connectivity index (χ4n) is 4.18. The van der Waals surface area contributed by atoms with Crippen LogP contribution in [0.15, 0.2) is 76.5 Å². The van der Waals surface area contributed by atoms with E-state index in [0.717, 1.165) is 21.7 Å². The first-order chi connectivity index (χ1) is 16.6. The van der Waals surface area contributed by atoms with Crippen molar-refractivity contribution >= 4 is 28.9 Å². The summed E-state index contributed by atoms with van der Waals surface area (Å²) in [5.41, 5.74) is 2.67. The summed E-state index contributed by atoms with van der Waals surface area (Å²) in [6, 6.07) is 20.6. The van der Waals surface area contributed by atoms with Crippen molar-refractivity contribution < 1.29 is 18.7 Å². The Bertz CT molecular complexity index is 1270. The monoisotopic (exact) mass is 473 g/mol. The number of aryl methyl sites for hydroxylation is 1. The first-order valence-electron chi connectivity index (χ1n) is 11.1. The van der Waals surface area contributed by atoms with Gasteiger partial charge in [-0.2, -0.15) is 0 Å². The third-order valence-corrected chi connectivity index (χ3v) is 6.82. The van der Waals surface area contributed by atoms with E-state index >= 15 is 0 Å². The molecular weight excluding hydrogens is 450 g/mol. The minimum atomic E-state index is -0.505. The fourth-order valence-corrected chi connectivity index (χ4v) is 5.06. The second kappa shape index (κ2) is 9.61. The Balaban J connectivity index is 1.36. The molecule has 1 amide bonds. The molecule has 8 heteroatoms. The molecule has 0 spiro atoms.